The molecule has 0 bridgehead atoms. The Morgan fingerprint density at radius 3 is 2.31 bits per heavy atom. The molecule has 0 saturated carbocycles. The van der Waals surface area contributed by atoms with Crippen molar-refractivity contribution in [1.29, 1.82) is 0 Å². The van der Waals surface area contributed by atoms with Crippen LogP contribution in [0.25, 0.3) is 6.08 Å². The summed E-state index contributed by atoms with van der Waals surface area (Å²) in [5.74, 6) is -0.0172. The van der Waals surface area contributed by atoms with Crippen molar-refractivity contribution in [2.45, 2.75) is 13.8 Å². The van der Waals surface area contributed by atoms with Crippen LogP contribution >= 0.6 is 15.9 Å². The molecule has 0 spiro atoms. The van der Waals surface area contributed by atoms with Crippen molar-refractivity contribution in [3.05, 3.63) is 69.7 Å². The van der Waals surface area contributed by atoms with E-state index < -0.39 is 0 Å². The first kappa shape index (κ1) is 21.3. The molecule has 152 valence electrons. The first-order valence-corrected chi connectivity index (χ1v) is 10.5. The summed E-state index contributed by atoms with van der Waals surface area (Å²) in [6.07, 6.45) is 3.44. The van der Waals surface area contributed by atoms with Gasteiger partial charge in [-0.3, -0.25) is 14.5 Å². The number of rotatable bonds is 5. The molecule has 0 aliphatic carbocycles. The predicted octanol–water partition coefficient (Wildman–Crippen LogP) is 3.86. The molecule has 5 nitrogen and oxygen atoms in total. The second-order valence-corrected chi connectivity index (χ2v) is 8.13. The normalized spacial score (nSPS) is 14.9. The van der Waals surface area contributed by atoms with E-state index in [4.69, 9.17) is 0 Å². The third kappa shape index (κ3) is 5.78. The van der Waals surface area contributed by atoms with Gasteiger partial charge in [0.15, 0.2) is 0 Å². The van der Waals surface area contributed by atoms with Gasteiger partial charge >= 0.3 is 0 Å². The molecule has 1 aliphatic heterocycles. The molecule has 2 aromatic rings. The molecule has 1 fully saturated rings. The smallest absolute Gasteiger partial charge is 0.246 e. The number of carbonyl (C=O) groups excluding carboxylic acids is 2. The Hall–Kier alpha value is -2.44. The number of anilines is 1. The Morgan fingerprint density at radius 1 is 1.00 bits per heavy atom. The molecule has 1 heterocycles. The van der Waals surface area contributed by atoms with Crippen LogP contribution in [-0.2, 0) is 9.59 Å². The third-order valence-corrected chi connectivity index (χ3v) is 5.83. The van der Waals surface area contributed by atoms with E-state index >= 15 is 0 Å². The van der Waals surface area contributed by atoms with Crippen LogP contribution in [0, 0.1) is 13.8 Å². The number of piperazine rings is 1. The summed E-state index contributed by atoms with van der Waals surface area (Å²) in [7, 11) is 0. The fraction of sp³-hybridized carbons (Fsp3) is 0.304. The van der Waals surface area contributed by atoms with Gasteiger partial charge in [0.05, 0.1) is 6.54 Å². The molecular weight excluding hydrogens is 430 g/mol. The summed E-state index contributed by atoms with van der Waals surface area (Å²) in [5, 5.41) is 3.03. The number of benzene rings is 2. The van der Waals surface area contributed by atoms with E-state index in [1.165, 1.54) is 0 Å². The second kappa shape index (κ2) is 9.85. The maximum Gasteiger partial charge on any atom is 0.246 e. The molecule has 1 aliphatic rings. The number of halogens is 1. The number of amides is 2. The van der Waals surface area contributed by atoms with Gasteiger partial charge in [-0.2, -0.15) is 0 Å². The maximum absolute atomic E-state index is 12.5. The van der Waals surface area contributed by atoms with Crippen LogP contribution in [0.3, 0.4) is 0 Å². The minimum Gasteiger partial charge on any atom is -0.337 e. The van der Waals surface area contributed by atoms with Gasteiger partial charge in [-0.15, -0.1) is 0 Å². The average Bonchev–Trinajstić information content (AvgIpc) is 2.70. The fourth-order valence-electron chi connectivity index (χ4n) is 3.40. The van der Waals surface area contributed by atoms with Gasteiger partial charge in [-0.25, -0.2) is 0 Å². The minimum absolute atomic E-state index is 0.000361. The van der Waals surface area contributed by atoms with Crippen LogP contribution in [0.15, 0.2) is 53.0 Å². The summed E-state index contributed by atoms with van der Waals surface area (Å²) in [4.78, 5) is 28.8. The molecule has 1 N–H and O–H groups in total. The lowest BCUT2D eigenvalue weighted by Crippen LogP contribution is -2.50. The molecule has 0 aromatic heterocycles. The van der Waals surface area contributed by atoms with Gasteiger partial charge in [-0.1, -0.05) is 52.3 Å². The van der Waals surface area contributed by atoms with E-state index in [0.717, 1.165) is 26.9 Å². The van der Waals surface area contributed by atoms with E-state index in [0.29, 0.717) is 32.7 Å². The number of hydrogen-bond acceptors (Lipinski definition) is 3. The highest BCUT2D eigenvalue weighted by Gasteiger charge is 2.21. The quantitative estimate of drug-likeness (QED) is 0.696. The van der Waals surface area contributed by atoms with Crippen molar-refractivity contribution in [3.8, 4) is 0 Å². The zero-order chi connectivity index (χ0) is 20.8. The van der Waals surface area contributed by atoms with Crippen molar-refractivity contribution in [2.24, 2.45) is 0 Å². The lowest BCUT2D eigenvalue weighted by atomic mass is 10.1. The summed E-state index contributed by atoms with van der Waals surface area (Å²) < 4.78 is 0.962. The molecule has 2 aromatic carbocycles. The van der Waals surface area contributed by atoms with E-state index in [2.05, 4.69) is 26.1 Å². The molecule has 6 heteroatoms. The van der Waals surface area contributed by atoms with Crippen LogP contribution in [-0.4, -0.2) is 54.3 Å². The molecular formula is C23H26BrN3O2. The molecule has 1 saturated heterocycles. The maximum atomic E-state index is 12.5. The highest BCUT2D eigenvalue weighted by atomic mass is 79.9. The Labute approximate surface area is 180 Å². The van der Waals surface area contributed by atoms with Crippen LogP contribution < -0.4 is 5.32 Å². The first-order valence-electron chi connectivity index (χ1n) is 9.74. The lowest BCUT2D eigenvalue weighted by molar-refractivity contribution is -0.127. The monoisotopic (exact) mass is 455 g/mol. The van der Waals surface area contributed by atoms with Crippen molar-refractivity contribution >= 4 is 39.5 Å². The standard InChI is InChI=1S/C23H26BrN3O2/c1-17-6-5-7-18(2)23(17)25-21(28)16-26-12-14-27(15-13-26)22(29)11-10-19-8-3-4-9-20(19)24/h3-11H,12-16H2,1-2H3,(H,25,28)/b11-10+. The molecule has 29 heavy (non-hydrogen) atoms. The predicted molar refractivity (Wildman–Crippen MR) is 121 cm³/mol. The minimum atomic E-state index is -0.0176. The third-order valence-electron chi connectivity index (χ3n) is 5.11. The number of nitrogens with zero attached hydrogens (tertiary/aromatic N) is 2. The van der Waals surface area contributed by atoms with Gasteiger partial charge in [0.25, 0.3) is 0 Å². The topological polar surface area (TPSA) is 52.7 Å². The first-order chi connectivity index (χ1) is 13.9. The SMILES string of the molecule is Cc1cccc(C)c1NC(=O)CN1CCN(C(=O)/C=C/c2ccccc2Br)CC1. The Balaban J connectivity index is 1.48. The Morgan fingerprint density at radius 2 is 1.66 bits per heavy atom. The van der Waals surface area contributed by atoms with Crippen LogP contribution in [0.5, 0.6) is 0 Å². The van der Waals surface area contributed by atoms with Crippen molar-refractivity contribution < 1.29 is 9.59 Å². The number of hydrogen-bond donors (Lipinski definition) is 1. The van der Waals surface area contributed by atoms with Gasteiger partial charge in [0, 0.05) is 42.4 Å². The zero-order valence-electron chi connectivity index (χ0n) is 16.8. The molecule has 0 unspecified atom stereocenters. The average molecular weight is 456 g/mol. The summed E-state index contributed by atoms with van der Waals surface area (Å²) in [6, 6.07) is 13.8. The zero-order valence-corrected chi connectivity index (χ0v) is 18.4. The number of carbonyl (C=O) groups is 2. The number of para-hydroxylation sites is 1. The molecule has 3 rings (SSSR count). The van der Waals surface area contributed by atoms with E-state index in [9.17, 15) is 9.59 Å². The van der Waals surface area contributed by atoms with Crippen LogP contribution in [0.2, 0.25) is 0 Å². The fourth-order valence-corrected chi connectivity index (χ4v) is 3.81. The Bertz CT molecular complexity index is 898. The molecule has 0 atom stereocenters. The summed E-state index contributed by atoms with van der Waals surface area (Å²) in [6.45, 7) is 6.95. The number of aryl methyl sites for hydroxylation is 2. The highest BCUT2D eigenvalue weighted by Crippen LogP contribution is 2.19. The van der Waals surface area contributed by atoms with Crippen LogP contribution in [0.1, 0.15) is 16.7 Å². The van der Waals surface area contributed by atoms with Crippen molar-refractivity contribution in [2.75, 3.05) is 38.0 Å². The van der Waals surface area contributed by atoms with E-state index in [1.807, 2.05) is 67.3 Å². The van der Waals surface area contributed by atoms with Crippen molar-refractivity contribution in [3.63, 3.8) is 0 Å². The van der Waals surface area contributed by atoms with Gasteiger partial charge in [-0.05, 0) is 42.7 Å². The summed E-state index contributed by atoms with van der Waals surface area (Å²) in [5.41, 5.74) is 3.99. The van der Waals surface area contributed by atoms with E-state index in [1.54, 1.807) is 6.08 Å². The van der Waals surface area contributed by atoms with Gasteiger partial charge in [0.1, 0.15) is 0 Å². The summed E-state index contributed by atoms with van der Waals surface area (Å²) >= 11 is 3.48. The van der Waals surface area contributed by atoms with Crippen LogP contribution in [0.4, 0.5) is 5.69 Å². The number of nitrogens with one attached hydrogen (secondary N) is 1. The molecule has 2 amide bonds. The Kier molecular flexibility index (Phi) is 7.23. The van der Waals surface area contributed by atoms with E-state index in [-0.39, 0.29) is 11.8 Å². The second-order valence-electron chi connectivity index (χ2n) is 7.27. The van der Waals surface area contributed by atoms with Gasteiger partial charge < -0.3 is 10.2 Å². The largest absolute Gasteiger partial charge is 0.337 e. The lowest BCUT2D eigenvalue weighted by Gasteiger charge is -2.33. The van der Waals surface area contributed by atoms with Crippen molar-refractivity contribution in [1.82, 2.24) is 9.80 Å². The van der Waals surface area contributed by atoms with Gasteiger partial charge in [0.2, 0.25) is 11.8 Å². The highest BCUT2D eigenvalue weighted by molar-refractivity contribution is 9.10. The molecule has 0 radical (unpaired) electrons.